The molecule has 1 atom stereocenters. The normalized spacial score (nSPS) is 16.0. The van der Waals surface area contributed by atoms with E-state index in [1.54, 1.807) is 12.1 Å². The Hall–Kier alpha value is -2.90. The molecular formula is C18H16F3NO4. The van der Waals surface area contributed by atoms with Gasteiger partial charge in [-0.15, -0.1) is 0 Å². The molecule has 26 heavy (non-hydrogen) atoms. The molecule has 0 saturated carbocycles. The van der Waals surface area contributed by atoms with Crippen molar-refractivity contribution in [2.75, 3.05) is 19.8 Å². The Kier molecular flexibility index (Phi) is 5.20. The molecule has 1 unspecified atom stereocenters. The molecule has 0 fully saturated rings. The van der Waals surface area contributed by atoms with E-state index >= 15 is 0 Å². The van der Waals surface area contributed by atoms with Gasteiger partial charge in [0.1, 0.15) is 18.5 Å². The van der Waals surface area contributed by atoms with Crippen LogP contribution in [0.3, 0.4) is 0 Å². The molecule has 2 aromatic rings. The summed E-state index contributed by atoms with van der Waals surface area (Å²) in [6, 6.07) is 11.4. The minimum Gasteiger partial charge on any atom is -0.486 e. The number of hydrogen-bond acceptors (Lipinski definition) is 4. The summed E-state index contributed by atoms with van der Waals surface area (Å²) in [7, 11) is 0. The van der Waals surface area contributed by atoms with Crippen LogP contribution in [-0.4, -0.2) is 31.8 Å². The van der Waals surface area contributed by atoms with Crippen LogP contribution >= 0.6 is 0 Å². The maximum atomic E-state index is 12.5. The summed E-state index contributed by atoms with van der Waals surface area (Å²) in [6.07, 6.45) is -4.74. The fourth-order valence-electron chi connectivity index (χ4n) is 2.33. The second kappa shape index (κ2) is 7.55. The SMILES string of the molecule is O=C(COc1ccc(C(F)(F)F)cc1)NCC1COc2ccccc2O1. The first-order valence-corrected chi connectivity index (χ1v) is 7.87. The molecule has 1 heterocycles. The van der Waals surface area contributed by atoms with Crippen molar-refractivity contribution < 1.29 is 32.2 Å². The fourth-order valence-corrected chi connectivity index (χ4v) is 2.33. The van der Waals surface area contributed by atoms with E-state index in [4.69, 9.17) is 14.2 Å². The number of rotatable bonds is 5. The Morgan fingerprint density at radius 2 is 1.81 bits per heavy atom. The van der Waals surface area contributed by atoms with Crippen molar-refractivity contribution in [2.45, 2.75) is 12.3 Å². The third-order valence-electron chi connectivity index (χ3n) is 3.65. The Labute approximate surface area is 147 Å². The van der Waals surface area contributed by atoms with Crippen LogP contribution in [0.15, 0.2) is 48.5 Å². The summed E-state index contributed by atoms with van der Waals surface area (Å²) in [6.45, 7) is 0.218. The molecule has 1 aliphatic heterocycles. The van der Waals surface area contributed by atoms with Crippen LogP contribution in [-0.2, 0) is 11.0 Å². The van der Waals surface area contributed by atoms with Gasteiger partial charge in [-0.25, -0.2) is 0 Å². The van der Waals surface area contributed by atoms with Gasteiger partial charge in [0.2, 0.25) is 0 Å². The molecule has 0 aliphatic carbocycles. The van der Waals surface area contributed by atoms with E-state index in [9.17, 15) is 18.0 Å². The van der Waals surface area contributed by atoms with E-state index in [-0.39, 0.29) is 25.0 Å². The molecule has 3 rings (SSSR count). The topological polar surface area (TPSA) is 56.8 Å². The van der Waals surface area contributed by atoms with E-state index in [0.717, 1.165) is 12.1 Å². The number of halogens is 3. The van der Waals surface area contributed by atoms with Gasteiger partial charge < -0.3 is 19.5 Å². The lowest BCUT2D eigenvalue weighted by molar-refractivity contribution is -0.137. The Balaban J connectivity index is 1.42. The van der Waals surface area contributed by atoms with Crippen LogP contribution in [0.5, 0.6) is 17.2 Å². The van der Waals surface area contributed by atoms with Gasteiger partial charge in [-0.05, 0) is 36.4 Å². The predicted octanol–water partition coefficient (Wildman–Crippen LogP) is 3.04. The summed E-state index contributed by atoms with van der Waals surface area (Å²) in [4.78, 5) is 11.8. The quantitative estimate of drug-likeness (QED) is 0.883. The number of carbonyl (C=O) groups excluding carboxylic acids is 1. The van der Waals surface area contributed by atoms with Crippen molar-refractivity contribution >= 4 is 5.91 Å². The van der Waals surface area contributed by atoms with Crippen LogP contribution in [0.25, 0.3) is 0 Å². The zero-order valence-electron chi connectivity index (χ0n) is 13.6. The van der Waals surface area contributed by atoms with Gasteiger partial charge in [0.15, 0.2) is 18.1 Å². The molecule has 1 aliphatic rings. The number of para-hydroxylation sites is 2. The third-order valence-corrected chi connectivity index (χ3v) is 3.65. The molecule has 0 bridgehead atoms. The molecule has 0 spiro atoms. The standard InChI is InChI=1S/C18H16F3NO4/c19-18(20,21)12-5-7-13(8-6-12)24-11-17(23)22-9-14-10-25-15-3-1-2-4-16(15)26-14/h1-8,14H,9-11H2,(H,22,23). The van der Waals surface area contributed by atoms with Gasteiger partial charge >= 0.3 is 6.18 Å². The summed E-state index contributed by atoms with van der Waals surface area (Å²) >= 11 is 0. The molecule has 138 valence electrons. The number of fused-ring (bicyclic) bond motifs is 1. The van der Waals surface area contributed by atoms with Gasteiger partial charge in [0.05, 0.1) is 12.1 Å². The van der Waals surface area contributed by atoms with Crippen molar-refractivity contribution in [1.29, 1.82) is 0 Å². The zero-order valence-corrected chi connectivity index (χ0v) is 13.6. The monoisotopic (exact) mass is 367 g/mol. The zero-order chi connectivity index (χ0) is 18.6. The Bertz CT molecular complexity index is 762. The highest BCUT2D eigenvalue weighted by molar-refractivity contribution is 5.77. The van der Waals surface area contributed by atoms with E-state index in [1.165, 1.54) is 12.1 Å². The number of nitrogens with one attached hydrogen (secondary N) is 1. The second-order valence-corrected chi connectivity index (χ2v) is 5.61. The van der Waals surface area contributed by atoms with E-state index in [0.29, 0.717) is 18.1 Å². The van der Waals surface area contributed by atoms with E-state index in [1.807, 2.05) is 12.1 Å². The van der Waals surface area contributed by atoms with Crippen molar-refractivity contribution in [3.05, 3.63) is 54.1 Å². The highest BCUT2D eigenvalue weighted by Crippen LogP contribution is 2.31. The molecule has 1 N–H and O–H groups in total. The molecule has 5 nitrogen and oxygen atoms in total. The number of alkyl halides is 3. The molecule has 8 heteroatoms. The fraction of sp³-hybridized carbons (Fsp3) is 0.278. The number of amides is 1. The van der Waals surface area contributed by atoms with Gasteiger partial charge in [0.25, 0.3) is 5.91 Å². The Morgan fingerprint density at radius 3 is 2.50 bits per heavy atom. The Morgan fingerprint density at radius 1 is 1.12 bits per heavy atom. The highest BCUT2D eigenvalue weighted by atomic mass is 19.4. The van der Waals surface area contributed by atoms with Crippen LogP contribution in [0.1, 0.15) is 5.56 Å². The summed E-state index contributed by atoms with van der Waals surface area (Å²) < 4.78 is 53.8. The van der Waals surface area contributed by atoms with Crippen molar-refractivity contribution in [3.63, 3.8) is 0 Å². The summed E-state index contributed by atoms with van der Waals surface area (Å²) in [5.41, 5.74) is -0.774. The highest BCUT2D eigenvalue weighted by Gasteiger charge is 2.30. The molecule has 1 amide bonds. The maximum absolute atomic E-state index is 12.5. The first-order valence-electron chi connectivity index (χ1n) is 7.87. The number of ether oxygens (including phenoxy) is 3. The minimum absolute atomic E-state index is 0.180. The molecule has 0 radical (unpaired) electrons. The van der Waals surface area contributed by atoms with Crippen molar-refractivity contribution in [3.8, 4) is 17.2 Å². The average molecular weight is 367 g/mol. The first kappa shape index (κ1) is 17.9. The maximum Gasteiger partial charge on any atom is 0.416 e. The smallest absolute Gasteiger partial charge is 0.416 e. The van der Waals surface area contributed by atoms with Gasteiger partial charge in [-0.3, -0.25) is 4.79 Å². The van der Waals surface area contributed by atoms with Crippen LogP contribution < -0.4 is 19.5 Å². The van der Waals surface area contributed by atoms with Crippen LogP contribution in [0.4, 0.5) is 13.2 Å². The lowest BCUT2D eigenvalue weighted by Crippen LogP contribution is -2.42. The summed E-state index contributed by atoms with van der Waals surface area (Å²) in [5.74, 6) is 1.03. The number of hydrogen-bond donors (Lipinski definition) is 1. The molecule has 2 aromatic carbocycles. The van der Waals surface area contributed by atoms with E-state index < -0.39 is 17.6 Å². The molecular weight excluding hydrogens is 351 g/mol. The molecule has 0 aromatic heterocycles. The lowest BCUT2D eigenvalue weighted by atomic mass is 10.2. The van der Waals surface area contributed by atoms with Crippen molar-refractivity contribution in [1.82, 2.24) is 5.32 Å². The lowest BCUT2D eigenvalue weighted by Gasteiger charge is -2.26. The van der Waals surface area contributed by atoms with Crippen LogP contribution in [0, 0.1) is 0 Å². The van der Waals surface area contributed by atoms with Crippen molar-refractivity contribution in [2.24, 2.45) is 0 Å². The van der Waals surface area contributed by atoms with Gasteiger partial charge in [0, 0.05) is 0 Å². The summed E-state index contributed by atoms with van der Waals surface area (Å²) in [5, 5.41) is 2.64. The van der Waals surface area contributed by atoms with E-state index in [2.05, 4.69) is 5.32 Å². The number of benzene rings is 2. The van der Waals surface area contributed by atoms with Crippen LogP contribution in [0.2, 0.25) is 0 Å². The minimum atomic E-state index is -4.41. The first-order chi connectivity index (χ1) is 12.4. The predicted molar refractivity (Wildman–Crippen MR) is 86.3 cm³/mol. The largest absolute Gasteiger partial charge is 0.486 e. The van der Waals surface area contributed by atoms with Gasteiger partial charge in [-0.2, -0.15) is 13.2 Å². The third kappa shape index (κ3) is 4.59. The average Bonchev–Trinajstić information content (AvgIpc) is 2.64. The molecule has 0 saturated heterocycles. The second-order valence-electron chi connectivity index (χ2n) is 5.61. The number of carbonyl (C=O) groups is 1. The van der Waals surface area contributed by atoms with Gasteiger partial charge in [-0.1, -0.05) is 12.1 Å².